The van der Waals surface area contributed by atoms with E-state index in [2.05, 4.69) is 16.4 Å². The van der Waals surface area contributed by atoms with Gasteiger partial charge in [-0.3, -0.25) is 9.69 Å². The van der Waals surface area contributed by atoms with Crippen LogP contribution in [0.2, 0.25) is 0 Å². The van der Waals surface area contributed by atoms with Crippen molar-refractivity contribution in [2.45, 2.75) is 13.3 Å². The third-order valence-corrected chi connectivity index (χ3v) is 6.01. The van der Waals surface area contributed by atoms with Gasteiger partial charge in [0.25, 0.3) is 5.56 Å². The fourth-order valence-corrected chi connectivity index (χ4v) is 4.37. The fourth-order valence-electron chi connectivity index (χ4n) is 4.37. The third kappa shape index (κ3) is 3.39. The van der Waals surface area contributed by atoms with Gasteiger partial charge in [-0.2, -0.15) is 0 Å². The number of methoxy groups -OCH3 is 1. The van der Waals surface area contributed by atoms with Crippen LogP contribution in [0.15, 0.2) is 71.7 Å². The highest BCUT2D eigenvalue weighted by atomic mass is 16.5. The largest absolute Gasteiger partial charge is 0.497 e. The number of aromatic nitrogens is 1. The maximum Gasteiger partial charge on any atom is 0.326 e. The van der Waals surface area contributed by atoms with Gasteiger partial charge >= 0.3 is 6.03 Å². The molecule has 0 saturated carbocycles. The number of ether oxygens (including phenoxy) is 1. The van der Waals surface area contributed by atoms with Crippen molar-refractivity contribution in [3.63, 3.8) is 0 Å². The van der Waals surface area contributed by atoms with Crippen molar-refractivity contribution in [2.24, 2.45) is 0 Å². The molecule has 32 heavy (non-hydrogen) atoms. The van der Waals surface area contributed by atoms with E-state index >= 15 is 0 Å². The third-order valence-electron chi connectivity index (χ3n) is 6.01. The number of nitrogens with one attached hydrogen (secondary N) is 2. The monoisotopic (exact) mass is 425 g/mol. The molecular formula is C26H23N3O3. The molecule has 0 unspecified atom stereocenters. The summed E-state index contributed by atoms with van der Waals surface area (Å²) in [6, 6.07) is 19.1. The molecule has 4 aromatic rings. The summed E-state index contributed by atoms with van der Waals surface area (Å²) in [4.78, 5) is 29.8. The van der Waals surface area contributed by atoms with Crippen LogP contribution in [-0.4, -0.2) is 24.7 Å². The number of amides is 2. The molecule has 1 aliphatic heterocycles. The smallest absolute Gasteiger partial charge is 0.326 e. The number of para-hydroxylation sites is 1. The molecule has 6 heteroatoms. The minimum absolute atomic E-state index is 0.138. The van der Waals surface area contributed by atoms with Crippen LogP contribution in [0.3, 0.4) is 0 Å². The number of hydrogen-bond donors (Lipinski definition) is 2. The van der Waals surface area contributed by atoms with Crippen LogP contribution in [0.25, 0.3) is 21.9 Å². The zero-order valence-electron chi connectivity index (χ0n) is 17.9. The van der Waals surface area contributed by atoms with E-state index in [4.69, 9.17) is 4.74 Å². The zero-order valence-corrected chi connectivity index (χ0v) is 17.9. The molecule has 160 valence electrons. The highest BCUT2D eigenvalue weighted by molar-refractivity contribution is 6.03. The molecule has 6 nitrogen and oxygen atoms in total. The lowest BCUT2D eigenvalue weighted by Crippen LogP contribution is -2.33. The Hall–Kier alpha value is -4.06. The van der Waals surface area contributed by atoms with E-state index in [1.807, 2.05) is 49.4 Å². The number of hydrogen-bond acceptors (Lipinski definition) is 3. The first-order valence-electron chi connectivity index (χ1n) is 10.5. The first kappa shape index (κ1) is 19.9. The molecule has 0 aliphatic carbocycles. The van der Waals surface area contributed by atoms with Gasteiger partial charge in [0.15, 0.2) is 0 Å². The Morgan fingerprint density at radius 1 is 1.03 bits per heavy atom. The number of nitrogens with zero attached hydrogens (tertiary/aromatic N) is 1. The summed E-state index contributed by atoms with van der Waals surface area (Å²) < 4.78 is 5.36. The summed E-state index contributed by atoms with van der Waals surface area (Å²) >= 11 is 0. The van der Waals surface area contributed by atoms with Crippen molar-refractivity contribution < 1.29 is 9.53 Å². The van der Waals surface area contributed by atoms with Gasteiger partial charge < -0.3 is 15.0 Å². The number of benzene rings is 3. The predicted molar refractivity (Wildman–Crippen MR) is 128 cm³/mol. The highest BCUT2D eigenvalue weighted by Gasteiger charge is 2.24. The second-order valence-electron chi connectivity index (χ2n) is 7.93. The Kier molecular flexibility index (Phi) is 4.90. The standard InChI is InChI=1S/C26H23N3O3/c1-16-13-18(28-26(31)29-12-11-17-5-3-4-6-24(17)29)7-9-20(16)23-15-27-25(30)21-10-8-19(32-2)14-22(21)23/h3-10,13-15H,11-12H2,1-2H3,(H,27,30)(H,28,31). The number of carbonyl (C=O) groups excluding carboxylic acids is 1. The van der Waals surface area contributed by atoms with E-state index in [0.29, 0.717) is 17.7 Å². The summed E-state index contributed by atoms with van der Waals surface area (Å²) in [5.41, 5.74) is 5.61. The Bertz CT molecular complexity index is 1410. The summed E-state index contributed by atoms with van der Waals surface area (Å²) in [6.45, 7) is 2.67. The number of anilines is 2. The summed E-state index contributed by atoms with van der Waals surface area (Å²) in [7, 11) is 1.61. The zero-order chi connectivity index (χ0) is 22.2. The van der Waals surface area contributed by atoms with Crippen molar-refractivity contribution in [3.8, 4) is 16.9 Å². The van der Waals surface area contributed by atoms with Gasteiger partial charge in [0.05, 0.1) is 7.11 Å². The first-order chi connectivity index (χ1) is 15.5. The molecule has 3 aromatic carbocycles. The Morgan fingerprint density at radius 2 is 1.88 bits per heavy atom. The van der Waals surface area contributed by atoms with Crippen LogP contribution >= 0.6 is 0 Å². The molecule has 0 atom stereocenters. The molecule has 0 saturated heterocycles. The number of aromatic amines is 1. The molecule has 1 aliphatic rings. The van der Waals surface area contributed by atoms with Crippen molar-refractivity contribution >= 4 is 28.2 Å². The van der Waals surface area contributed by atoms with Crippen LogP contribution in [0, 0.1) is 6.92 Å². The molecular weight excluding hydrogens is 402 g/mol. The van der Waals surface area contributed by atoms with Gasteiger partial charge in [-0.05, 0) is 66.4 Å². The van der Waals surface area contributed by atoms with E-state index in [0.717, 1.165) is 39.9 Å². The van der Waals surface area contributed by atoms with Gasteiger partial charge in [0.2, 0.25) is 0 Å². The maximum absolute atomic E-state index is 12.9. The van der Waals surface area contributed by atoms with Crippen LogP contribution in [-0.2, 0) is 6.42 Å². The maximum atomic E-state index is 12.9. The van der Waals surface area contributed by atoms with E-state index in [9.17, 15) is 9.59 Å². The minimum atomic E-state index is -0.140. The van der Waals surface area contributed by atoms with Crippen molar-refractivity contribution in [1.29, 1.82) is 0 Å². The van der Waals surface area contributed by atoms with E-state index < -0.39 is 0 Å². The lowest BCUT2D eigenvalue weighted by Gasteiger charge is -2.19. The number of fused-ring (bicyclic) bond motifs is 2. The van der Waals surface area contributed by atoms with Gasteiger partial charge in [-0.1, -0.05) is 24.3 Å². The van der Waals surface area contributed by atoms with E-state index in [1.165, 1.54) is 5.56 Å². The second kappa shape index (κ2) is 7.89. The van der Waals surface area contributed by atoms with Crippen molar-refractivity contribution in [3.05, 3.63) is 88.3 Å². The molecule has 0 radical (unpaired) electrons. The molecule has 0 spiro atoms. The average molecular weight is 425 g/mol. The Morgan fingerprint density at radius 3 is 2.69 bits per heavy atom. The van der Waals surface area contributed by atoms with Crippen LogP contribution < -0.4 is 20.5 Å². The van der Waals surface area contributed by atoms with E-state index in [-0.39, 0.29) is 11.6 Å². The number of pyridine rings is 1. The van der Waals surface area contributed by atoms with E-state index in [1.54, 1.807) is 30.3 Å². The van der Waals surface area contributed by atoms with Crippen LogP contribution in [0.4, 0.5) is 16.2 Å². The Labute approximate surface area is 185 Å². The number of aryl methyl sites for hydroxylation is 1. The molecule has 0 bridgehead atoms. The molecule has 2 N–H and O–H groups in total. The topological polar surface area (TPSA) is 74.4 Å². The molecule has 0 fully saturated rings. The number of carbonyl (C=O) groups is 1. The van der Waals surface area contributed by atoms with Crippen molar-refractivity contribution in [2.75, 3.05) is 23.9 Å². The minimum Gasteiger partial charge on any atom is -0.497 e. The second-order valence-corrected chi connectivity index (χ2v) is 7.93. The quantitative estimate of drug-likeness (QED) is 0.479. The van der Waals surface area contributed by atoms with Gasteiger partial charge in [-0.15, -0.1) is 0 Å². The predicted octanol–water partition coefficient (Wildman–Crippen LogP) is 5.11. The Balaban J connectivity index is 1.46. The number of urea groups is 1. The molecule has 2 heterocycles. The van der Waals surface area contributed by atoms with Gasteiger partial charge in [0, 0.05) is 40.5 Å². The summed E-state index contributed by atoms with van der Waals surface area (Å²) in [5.74, 6) is 0.691. The van der Waals surface area contributed by atoms with Crippen molar-refractivity contribution in [1.82, 2.24) is 4.98 Å². The number of H-pyrrole nitrogens is 1. The lowest BCUT2D eigenvalue weighted by molar-refractivity contribution is 0.257. The fraction of sp³-hybridized carbons (Fsp3) is 0.154. The van der Waals surface area contributed by atoms with Crippen LogP contribution in [0.5, 0.6) is 5.75 Å². The SMILES string of the molecule is COc1ccc2c(=O)[nH]cc(-c3ccc(NC(=O)N4CCc5ccccc54)cc3C)c2c1. The summed E-state index contributed by atoms with van der Waals surface area (Å²) in [5, 5.41) is 4.44. The summed E-state index contributed by atoms with van der Waals surface area (Å²) in [6.07, 6.45) is 2.59. The average Bonchev–Trinajstić information content (AvgIpc) is 3.24. The highest BCUT2D eigenvalue weighted by Crippen LogP contribution is 2.33. The van der Waals surface area contributed by atoms with Gasteiger partial charge in [0.1, 0.15) is 5.75 Å². The first-order valence-corrected chi connectivity index (χ1v) is 10.5. The van der Waals surface area contributed by atoms with Gasteiger partial charge in [-0.25, -0.2) is 4.79 Å². The molecule has 5 rings (SSSR count). The van der Waals surface area contributed by atoms with Crippen LogP contribution in [0.1, 0.15) is 11.1 Å². The molecule has 1 aromatic heterocycles. The number of rotatable bonds is 3. The lowest BCUT2D eigenvalue weighted by atomic mass is 9.96. The normalized spacial score (nSPS) is 12.6. The molecule has 2 amide bonds.